The molecular weight excluding hydrogens is 434 g/mol. The summed E-state index contributed by atoms with van der Waals surface area (Å²) < 4.78 is 10.0. The molecule has 1 aromatic heterocycles. The molecule has 0 aliphatic heterocycles. The van der Waals surface area contributed by atoms with Crippen molar-refractivity contribution in [3.63, 3.8) is 0 Å². The zero-order chi connectivity index (χ0) is 25.2. The number of aromatic nitrogens is 1. The average Bonchev–Trinajstić information content (AvgIpc) is 2.85. The first-order valence-electron chi connectivity index (χ1n) is 12.3. The minimum absolute atomic E-state index is 0.111. The molecule has 188 valence electrons. The molecule has 0 fully saturated rings. The SMILES string of the molecule is CCCCCCCC1C=C(C(=O)OCCCCCC)C=CC1=O.COc1ccc(C(=O)O)cn1. The summed E-state index contributed by atoms with van der Waals surface area (Å²) in [7, 11) is 1.47. The highest BCUT2D eigenvalue weighted by atomic mass is 16.5. The monoisotopic (exact) mass is 473 g/mol. The van der Waals surface area contributed by atoms with Crippen molar-refractivity contribution in [2.75, 3.05) is 13.7 Å². The van der Waals surface area contributed by atoms with Gasteiger partial charge in [-0.3, -0.25) is 4.79 Å². The van der Waals surface area contributed by atoms with Gasteiger partial charge in [0.15, 0.2) is 5.78 Å². The lowest BCUT2D eigenvalue weighted by Gasteiger charge is -2.15. The van der Waals surface area contributed by atoms with Crippen LogP contribution in [0.2, 0.25) is 0 Å². The van der Waals surface area contributed by atoms with Gasteiger partial charge >= 0.3 is 11.9 Å². The molecule has 1 unspecified atom stereocenters. The number of ketones is 1. The molecule has 1 aliphatic rings. The van der Waals surface area contributed by atoms with Gasteiger partial charge in [-0.1, -0.05) is 71.3 Å². The topological polar surface area (TPSA) is 103 Å². The largest absolute Gasteiger partial charge is 0.481 e. The van der Waals surface area contributed by atoms with Crippen LogP contribution in [-0.2, 0) is 14.3 Å². The van der Waals surface area contributed by atoms with Gasteiger partial charge in [0.25, 0.3) is 0 Å². The maximum absolute atomic E-state index is 12.0. The summed E-state index contributed by atoms with van der Waals surface area (Å²) in [6.07, 6.45) is 17.3. The molecule has 0 saturated carbocycles. The second-order valence-corrected chi connectivity index (χ2v) is 8.26. The zero-order valence-corrected chi connectivity index (χ0v) is 20.8. The average molecular weight is 474 g/mol. The number of carbonyl (C=O) groups is 3. The number of nitrogens with zero attached hydrogens (tertiary/aromatic N) is 1. The third kappa shape index (κ3) is 11.8. The number of allylic oxidation sites excluding steroid dienone is 2. The summed E-state index contributed by atoms with van der Waals surface area (Å²) in [4.78, 5) is 38.0. The lowest BCUT2D eigenvalue weighted by Crippen LogP contribution is -2.17. The fourth-order valence-corrected chi connectivity index (χ4v) is 3.38. The highest BCUT2D eigenvalue weighted by molar-refractivity contribution is 6.01. The number of aromatic carboxylic acids is 1. The number of hydrogen-bond donors (Lipinski definition) is 1. The Hall–Kier alpha value is -2.96. The fraction of sp³-hybridized carbons (Fsp3) is 0.556. The van der Waals surface area contributed by atoms with Crippen molar-refractivity contribution < 1.29 is 29.0 Å². The maximum atomic E-state index is 12.0. The van der Waals surface area contributed by atoms with E-state index < -0.39 is 5.97 Å². The number of carboxylic acids is 1. The summed E-state index contributed by atoms with van der Waals surface area (Å²) >= 11 is 0. The van der Waals surface area contributed by atoms with Crippen LogP contribution >= 0.6 is 0 Å². The summed E-state index contributed by atoms with van der Waals surface area (Å²) in [5, 5.41) is 8.47. The third-order valence-electron chi connectivity index (χ3n) is 5.45. The Morgan fingerprint density at radius 3 is 2.24 bits per heavy atom. The number of esters is 1. The summed E-state index contributed by atoms with van der Waals surface area (Å²) in [5.41, 5.74) is 0.699. The molecule has 2 rings (SSSR count). The van der Waals surface area contributed by atoms with E-state index in [0.29, 0.717) is 18.1 Å². The van der Waals surface area contributed by atoms with Crippen molar-refractivity contribution in [2.45, 2.75) is 78.1 Å². The molecule has 0 amide bonds. The molecule has 1 aliphatic carbocycles. The van der Waals surface area contributed by atoms with Gasteiger partial charge in [-0.15, -0.1) is 0 Å². The second-order valence-electron chi connectivity index (χ2n) is 8.26. The van der Waals surface area contributed by atoms with Crippen molar-refractivity contribution in [3.8, 4) is 5.88 Å². The van der Waals surface area contributed by atoms with Gasteiger partial charge in [0.2, 0.25) is 5.88 Å². The van der Waals surface area contributed by atoms with Crippen molar-refractivity contribution in [3.05, 3.63) is 47.7 Å². The predicted octanol–water partition coefficient (Wildman–Crippen LogP) is 5.94. The van der Waals surface area contributed by atoms with Crippen LogP contribution in [0.15, 0.2) is 42.1 Å². The predicted molar refractivity (Wildman–Crippen MR) is 132 cm³/mol. The number of pyridine rings is 1. The minimum Gasteiger partial charge on any atom is -0.481 e. The quantitative estimate of drug-likeness (QED) is 0.263. The lowest BCUT2D eigenvalue weighted by molar-refractivity contribution is -0.138. The molecule has 0 spiro atoms. The van der Waals surface area contributed by atoms with Crippen LogP contribution in [0.5, 0.6) is 5.88 Å². The van der Waals surface area contributed by atoms with E-state index in [1.54, 1.807) is 12.2 Å². The molecule has 7 nitrogen and oxygen atoms in total. The molecule has 0 saturated heterocycles. The van der Waals surface area contributed by atoms with E-state index in [0.717, 1.165) is 32.1 Å². The lowest BCUT2D eigenvalue weighted by atomic mass is 9.90. The Bertz CT molecular complexity index is 813. The van der Waals surface area contributed by atoms with E-state index in [-0.39, 0.29) is 23.2 Å². The smallest absolute Gasteiger partial charge is 0.337 e. The van der Waals surface area contributed by atoms with Crippen LogP contribution in [-0.4, -0.2) is 41.5 Å². The molecule has 1 atom stereocenters. The van der Waals surface area contributed by atoms with Crippen LogP contribution in [0, 0.1) is 5.92 Å². The van der Waals surface area contributed by atoms with Gasteiger partial charge in [-0.25, -0.2) is 14.6 Å². The van der Waals surface area contributed by atoms with Crippen molar-refractivity contribution >= 4 is 17.7 Å². The molecule has 34 heavy (non-hydrogen) atoms. The van der Waals surface area contributed by atoms with Crippen LogP contribution in [0.3, 0.4) is 0 Å². The van der Waals surface area contributed by atoms with Crippen LogP contribution < -0.4 is 4.74 Å². The van der Waals surface area contributed by atoms with Gasteiger partial charge < -0.3 is 14.6 Å². The molecular formula is C27H39NO6. The Morgan fingerprint density at radius 2 is 1.65 bits per heavy atom. The first kappa shape index (κ1) is 29.1. The second kappa shape index (κ2) is 17.5. The Morgan fingerprint density at radius 1 is 0.971 bits per heavy atom. The molecule has 1 aromatic rings. The molecule has 0 aromatic carbocycles. The van der Waals surface area contributed by atoms with Gasteiger partial charge in [-0.05, 0) is 31.1 Å². The number of hydrogen-bond acceptors (Lipinski definition) is 6. The molecule has 7 heteroatoms. The van der Waals surface area contributed by atoms with Crippen LogP contribution in [0.25, 0.3) is 0 Å². The van der Waals surface area contributed by atoms with E-state index in [9.17, 15) is 14.4 Å². The van der Waals surface area contributed by atoms with E-state index in [1.807, 2.05) is 0 Å². The van der Waals surface area contributed by atoms with E-state index in [2.05, 4.69) is 18.8 Å². The fourth-order valence-electron chi connectivity index (χ4n) is 3.38. The number of rotatable bonds is 14. The van der Waals surface area contributed by atoms with Crippen molar-refractivity contribution in [1.82, 2.24) is 4.98 Å². The van der Waals surface area contributed by atoms with Gasteiger partial charge in [0.1, 0.15) is 0 Å². The first-order chi connectivity index (χ1) is 16.4. The van der Waals surface area contributed by atoms with Crippen LogP contribution in [0.4, 0.5) is 0 Å². The highest BCUT2D eigenvalue weighted by Gasteiger charge is 2.21. The normalized spacial score (nSPS) is 14.6. The molecule has 1 heterocycles. The highest BCUT2D eigenvalue weighted by Crippen LogP contribution is 2.21. The van der Waals surface area contributed by atoms with Gasteiger partial charge in [-0.2, -0.15) is 0 Å². The minimum atomic E-state index is -0.986. The summed E-state index contributed by atoms with van der Waals surface area (Å²) in [6.45, 7) is 4.82. The standard InChI is InChI=1S/C20H32O3.C7H7NO3/c1-3-5-7-9-10-12-17-16-18(13-14-19(17)21)20(22)23-15-11-8-6-4-2;1-11-6-3-2-5(4-8-6)7(9)10/h13-14,16-17H,3-12,15H2,1-2H3;2-4H,1H3,(H,9,10). The number of methoxy groups -OCH3 is 1. The molecule has 0 radical (unpaired) electrons. The van der Waals surface area contributed by atoms with E-state index in [1.165, 1.54) is 63.6 Å². The van der Waals surface area contributed by atoms with E-state index >= 15 is 0 Å². The summed E-state index contributed by atoms with van der Waals surface area (Å²) in [5.74, 6) is -0.902. The molecule has 0 bridgehead atoms. The van der Waals surface area contributed by atoms with E-state index in [4.69, 9.17) is 14.6 Å². The zero-order valence-electron chi connectivity index (χ0n) is 20.8. The van der Waals surface area contributed by atoms with Crippen molar-refractivity contribution in [2.24, 2.45) is 5.92 Å². The number of carboxylic acid groups (broad SMARTS) is 1. The maximum Gasteiger partial charge on any atom is 0.337 e. The third-order valence-corrected chi connectivity index (χ3v) is 5.45. The number of unbranched alkanes of at least 4 members (excludes halogenated alkanes) is 7. The van der Waals surface area contributed by atoms with Crippen LogP contribution in [0.1, 0.15) is 88.4 Å². The Labute approximate surface area is 203 Å². The summed E-state index contributed by atoms with van der Waals surface area (Å²) in [6, 6.07) is 2.94. The Kier molecular flexibility index (Phi) is 15.0. The molecule has 1 N–H and O–H groups in total. The number of carbonyl (C=O) groups excluding carboxylic acids is 2. The first-order valence-corrected chi connectivity index (χ1v) is 12.3. The van der Waals surface area contributed by atoms with Gasteiger partial charge in [0, 0.05) is 18.2 Å². The van der Waals surface area contributed by atoms with Gasteiger partial charge in [0.05, 0.1) is 24.9 Å². The van der Waals surface area contributed by atoms with Crippen molar-refractivity contribution in [1.29, 1.82) is 0 Å². The Balaban J connectivity index is 0.000000437. The number of ether oxygens (including phenoxy) is 2.